The Labute approximate surface area is 215 Å². The first-order valence-electron chi connectivity index (χ1n) is 12.5. The van der Waals surface area contributed by atoms with Crippen molar-refractivity contribution in [1.29, 1.82) is 0 Å². The molecule has 0 bridgehead atoms. The van der Waals surface area contributed by atoms with E-state index < -0.39 is 16.1 Å². The van der Waals surface area contributed by atoms with Crippen molar-refractivity contribution in [2.75, 3.05) is 30.3 Å². The fraction of sp³-hybridized carbons (Fsp3) is 0.481. The zero-order valence-corrected chi connectivity index (χ0v) is 22.6. The van der Waals surface area contributed by atoms with Crippen molar-refractivity contribution in [2.45, 2.75) is 59.0 Å². The molecule has 0 aromatic heterocycles. The highest BCUT2D eigenvalue weighted by atomic mass is 32.2. The number of nitrogens with one attached hydrogen (secondary N) is 1. The average molecular weight is 518 g/mol. The second-order valence-electron chi connectivity index (χ2n) is 8.56. The monoisotopic (exact) mass is 517 g/mol. The molecule has 0 aliphatic heterocycles. The Hall–Kier alpha value is -3.07. The smallest absolute Gasteiger partial charge is 0.242 e. The van der Waals surface area contributed by atoms with Gasteiger partial charge < -0.3 is 15.0 Å². The van der Waals surface area contributed by atoms with E-state index in [0.717, 1.165) is 18.2 Å². The lowest BCUT2D eigenvalue weighted by Crippen LogP contribution is -2.49. The van der Waals surface area contributed by atoms with Gasteiger partial charge in [-0.2, -0.15) is 0 Å². The summed E-state index contributed by atoms with van der Waals surface area (Å²) in [5.41, 5.74) is 1.37. The number of rotatable bonds is 15. The van der Waals surface area contributed by atoms with Crippen molar-refractivity contribution in [3.63, 3.8) is 0 Å². The number of nitrogens with zero attached hydrogens (tertiary/aromatic N) is 2. The van der Waals surface area contributed by atoms with Crippen LogP contribution in [0.2, 0.25) is 0 Å². The molecule has 8 nitrogen and oxygen atoms in total. The normalized spacial score (nSPS) is 12.0. The minimum atomic E-state index is -3.61. The number of amides is 2. The van der Waals surface area contributed by atoms with Crippen LogP contribution in [0.1, 0.15) is 52.0 Å². The van der Waals surface area contributed by atoms with Crippen molar-refractivity contribution in [1.82, 2.24) is 10.2 Å². The maximum absolute atomic E-state index is 13.4. The van der Waals surface area contributed by atoms with Gasteiger partial charge in [0.25, 0.3) is 0 Å². The summed E-state index contributed by atoms with van der Waals surface area (Å²) >= 11 is 0. The van der Waals surface area contributed by atoms with Crippen LogP contribution in [0.25, 0.3) is 0 Å². The third-order valence-corrected chi connectivity index (χ3v) is 6.90. The van der Waals surface area contributed by atoms with Crippen molar-refractivity contribution < 1.29 is 22.7 Å². The second kappa shape index (κ2) is 14.5. The summed E-state index contributed by atoms with van der Waals surface area (Å²) in [4.78, 5) is 27.9. The van der Waals surface area contributed by atoms with Crippen LogP contribution >= 0.6 is 0 Å². The van der Waals surface area contributed by atoms with Gasteiger partial charge in [0, 0.05) is 26.1 Å². The Balaban J connectivity index is 2.21. The van der Waals surface area contributed by atoms with E-state index >= 15 is 0 Å². The molecule has 0 heterocycles. The Bertz CT molecular complexity index is 1080. The van der Waals surface area contributed by atoms with Gasteiger partial charge in [0.2, 0.25) is 21.8 Å². The number of sulfonamides is 1. The molecule has 0 aliphatic rings. The minimum Gasteiger partial charge on any atom is -0.492 e. The maximum Gasteiger partial charge on any atom is 0.242 e. The first-order valence-corrected chi connectivity index (χ1v) is 14.4. The number of hydrogen-bond donors (Lipinski definition) is 1. The zero-order chi connectivity index (χ0) is 26.6. The van der Waals surface area contributed by atoms with Crippen molar-refractivity contribution in [3.05, 3.63) is 60.2 Å². The largest absolute Gasteiger partial charge is 0.492 e. The standard InChI is InChI=1S/C27H39N3O5S/c1-5-19-28-27(32)23(6-2)29(21-22-14-9-8-10-15-22)26(31)18-13-20-30(36(4,33)34)24-16-11-12-17-25(24)35-7-3/h8-12,14-17,23H,5-7,13,18-21H2,1-4H3,(H,28,32)/t23-/m1/s1. The third-order valence-electron chi connectivity index (χ3n) is 5.72. The van der Waals surface area contributed by atoms with Gasteiger partial charge >= 0.3 is 0 Å². The molecule has 1 atom stereocenters. The number of ether oxygens (including phenoxy) is 1. The molecule has 0 aliphatic carbocycles. The Morgan fingerprint density at radius 2 is 1.67 bits per heavy atom. The topological polar surface area (TPSA) is 96.0 Å². The molecule has 2 aromatic rings. The molecule has 0 fully saturated rings. The van der Waals surface area contributed by atoms with E-state index in [1.165, 1.54) is 4.31 Å². The summed E-state index contributed by atoms with van der Waals surface area (Å²) in [6.07, 6.45) is 2.83. The molecular weight excluding hydrogens is 478 g/mol. The Morgan fingerprint density at radius 1 is 1.00 bits per heavy atom. The zero-order valence-electron chi connectivity index (χ0n) is 21.8. The summed E-state index contributed by atoms with van der Waals surface area (Å²) in [6.45, 7) is 7.07. The summed E-state index contributed by atoms with van der Waals surface area (Å²) in [5, 5.41) is 2.90. The molecule has 1 N–H and O–H groups in total. The lowest BCUT2D eigenvalue weighted by Gasteiger charge is -2.31. The molecule has 0 radical (unpaired) electrons. The number of anilines is 1. The molecule has 0 saturated carbocycles. The first-order chi connectivity index (χ1) is 17.2. The average Bonchev–Trinajstić information content (AvgIpc) is 2.85. The highest BCUT2D eigenvalue weighted by Crippen LogP contribution is 2.30. The highest BCUT2D eigenvalue weighted by Gasteiger charge is 2.29. The van der Waals surface area contributed by atoms with Gasteiger partial charge in [0.1, 0.15) is 11.8 Å². The van der Waals surface area contributed by atoms with Gasteiger partial charge in [-0.3, -0.25) is 13.9 Å². The summed E-state index contributed by atoms with van der Waals surface area (Å²) in [5.74, 6) is 0.108. The van der Waals surface area contributed by atoms with Crippen LogP contribution in [0.4, 0.5) is 5.69 Å². The molecule has 0 unspecified atom stereocenters. The van der Waals surface area contributed by atoms with E-state index in [-0.39, 0.29) is 24.8 Å². The molecule has 2 rings (SSSR count). The van der Waals surface area contributed by atoms with E-state index in [9.17, 15) is 18.0 Å². The van der Waals surface area contributed by atoms with Crippen LogP contribution in [0.5, 0.6) is 5.75 Å². The van der Waals surface area contributed by atoms with Crippen LogP contribution < -0.4 is 14.4 Å². The molecule has 198 valence electrons. The summed E-state index contributed by atoms with van der Waals surface area (Å²) < 4.78 is 32.1. The van der Waals surface area contributed by atoms with E-state index in [2.05, 4.69) is 5.32 Å². The van der Waals surface area contributed by atoms with Crippen LogP contribution in [0.15, 0.2) is 54.6 Å². The summed E-state index contributed by atoms with van der Waals surface area (Å²) in [7, 11) is -3.61. The van der Waals surface area contributed by atoms with Gasteiger partial charge in [-0.25, -0.2) is 8.42 Å². The molecule has 0 saturated heterocycles. The molecular formula is C27H39N3O5S. The van der Waals surface area contributed by atoms with E-state index in [1.807, 2.05) is 51.1 Å². The van der Waals surface area contributed by atoms with Gasteiger partial charge in [-0.15, -0.1) is 0 Å². The lowest BCUT2D eigenvalue weighted by atomic mass is 10.1. The molecule has 2 amide bonds. The van der Waals surface area contributed by atoms with Crippen LogP contribution in [0, 0.1) is 0 Å². The van der Waals surface area contributed by atoms with Crippen LogP contribution in [0.3, 0.4) is 0 Å². The van der Waals surface area contributed by atoms with E-state index in [4.69, 9.17) is 4.74 Å². The number of carbonyl (C=O) groups is 2. The first kappa shape index (κ1) is 29.2. The molecule has 9 heteroatoms. The van der Waals surface area contributed by atoms with Crippen molar-refractivity contribution in [3.8, 4) is 5.75 Å². The van der Waals surface area contributed by atoms with Gasteiger partial charge in [-0.05, 0) is 43.9 Å². The molecule has 0 spiro atoms. The predicted molar refractivity (Wildman–Crippen MR) is 143 cm³/mol. The summed E-state index contributed by atoms with van der Waals surface area (Å²) in [6, 6.07) is 15.9. The molecule has 2 aromatic carbocycles. The number of hydrogen-bond acceptors (Lipinski definition) is 5. The van der Waals surface area contributed by atoms with Crippen molar-refractivity contribution >= 4 is 27.5 Å². The predicted octanol–water partition coefficient (Wildman–Crippen LogP) is 3.97. The minimum absolute atomic E-state index is 0.104. The quantitative estimate of drug-likeness (QED) is 0.386. The van der Waals surface area contributed by atoms with E-state index in [0.29, 0.717) is 44.0 Å². The fourth-order valence-electron chi connectivity index (χ4n) is 3.99. The van der Waals surface area contributed by atoms with Crippen molar-refractivity contribution in [2.24, 2.45) is 0 Å². The second-order valence-corrected chi connectivity index (χ2v) is 10.5. The van der Waals surface area contributed by atoms with Gasteiger partial charge in [0.15, 0.2) is 0 Å². The SMILES string of the molecule is CCCNC(=O)[C@@H](CC)N(Cc1ccccc1)C(=O)CCCN(c1ccccc1OCC)S(C)(=O)=O. The third kappa shape index (κ3) is 8.55. The van der Waals surface area contributed by atoms with Crippen LogP contribution in [-0.4, -0.2) is 57.1 Å². The lowest BCUT2D eigenvalue weighted by molar-refractivity contribution is -0.141. The highest BCUT2D eigenvalue weighted by molar-refractivity contribution is 7.92. The number of carbonyl (C=O) groups excluding carboxylic acids is 2. The van der Waals surface area contributed by atoms with Crippen LogP contribution in [-0.2, 0) is 26.2 Å². The number of benzene rings is 2. The van der Waals surface area contributed by atoms with E-state index in [1.54, 1.807) is 29.2 Å². The Morgan fingerprint density at radius 3 is 2.28 bits per heavy atom. The van der Waals surface area contributed by atoms with Gasteiger partial charge in [-0.1, -0.05) is 56.3 Å². The maximum atomic E-state index is 13.4. The molecule has 36 heavy (non-hydrogen) atoms. The van der Waals surface area contributed by atoms with Gasteiger partial charge in [0.05, 0.1) is 18.6 Å². The Kier molecular flexibility index (Phi) is 11.7. The fourth-order valence-corrected chi connectivity index (χ4v) is 4.96. The number of para-hydroxylation sites is 2.